The Balaban J connectivity index is 2.13. The number of benzene rings is 1. The molecule has 0 aliphatic carbocycles. The molecule has 0 spiro atoms. The molecule has 3 nitrogen and oxygen atoms in total. The molecule has 0 aliphatic rings. The molecule has 0 saturated heterocycles. The maximum atomic E-state index is 12.7. The highest BCUT2D eigenvalue weighted by Gasteiger charge is 2.01. The maximum absolute atomic E-state index is 12.7. The van der Waals surface area contributed by atoms with Gasteiger partial charge in [0.1, 0.15) is 5.82 Å². The van der Waals surface area contributed by atoms with Gasteiger partial charge in [0.15, 0.2) is 0 Å². The number of halogens is 1. The third kappa shape index (κ3) is 2.46. The number of rotatable bonds is 4. The van der Waals surface area contributed by atoms with Gasteiger partial charge in [0, 0.05) is 19.3 Å². The van der Waals surface area contributed by atoms with Crippen molar-refractivity contribution in [1.82, 2.24) is 14.9 Å². The zero-order chi connectivity index (χ0) is 11.4. The first-order chi connectivity index (χ1) is 7.79. The Morgan fingerprint density at radius 3 is 2.75 bits per heavy atom. The molecule has 4 heteroatoms. The number of aromatic nitrogens is 2. The van der Waals surface area contributed by atoms with E-state index in [1.807, 2.05) is 17.8 Å². The van der Waals surface area contributed by atoms with Crippen molar-refractivity contribution in [2.45, 2.75) is 13.1 Å². The number of hydrogen-bond acceptors (Lipinski definition) is 2. The topological polar surface area (TPSA) is 29.9 Å². The molecule has 84 valence electrons. The Bertz CT molecular complexity index is 448. The monoisotopic (exact) mass is 219 g/mol. The van der Waals surface area contributed by atoms with Gasteiger partial charge in [-0.1, -0.05) is 12.1 Å². The van der Waals surface area contributed by atoms with E-state index in [4.69, 9.17) is 0 Å². The Hall–Kier alpha value is -1.68. The molecule has 1 aromatic heterocycles. The highest BCUT2D eigenvalue weighted by Crippen LogP contribution is 2.07. The van der Waals surface area contributed by atoms with Crippen LogP contribution in [0.4, 0.5) is 4.39 Å². The lowest BCUT2D eigenvalue weighted by molar-refractivity contribution is 0.625. The number of nitrogens with zero attached hydrogens (tertiary/aromatic N) is 2. The molecule has 16 heavy (non-hydrogen) atoms. The molecule has 1 aromatic carbocycles. The molecule has 2 rings (SSSR count). The summed E-state index contributed by atoms with van der Waals surface area (Å²) in [6.45, 7) is 1.50. The molecule has 0 aliphatic heterocycles. The van der Waals surface area contributed by atoms with Crippen LogP contribution in [0.15, 0.2) is 36.8 Å². The quantitative estimate of drug-likeness (QED) is 0.849. The lowest BCUT2D eigenvalue weighted by Gasteiger charge is -2.07. The van der Waals surface area contributed by atoms with Gasteiger partial charge < -0.3 is 9.88 Å². The summed E-state index contributed by atoms with van der Waals surface area (Å²) < 4.78 is 14.8. The molecule has 0 unspecified atom stereocenters. The standard InChI is InChI=1S/C12H14FN3/c1-14-6-12-7-15-9-16(12)8-10-2-4-11(13)5-3-10/h2-5,7,9,14H,6,8H2,1H3. The van der Waals surface area contributed by atoms with Crippen molar-refractivity contribution in [3.63, 3.8) is 0 Å². The average Bonchev–Trinajstić information content (AvgIpc) is 2.70. The van der Waals surface area contributed by atoms with E-state index in [1.165, 1.54) is 12.1 Å². The van der Waals surface area contributed by atoms with Gasteiger partial charge in [-0.25, -0.2) is 9.37 Å². The average molecular weight is 219 g/mol. The van der Waals surface area contributed by atoms with E-state index in [2.05, 4.69) is 10.3 Å². The van der Waals surface area contributed by atoms with E-state index in [0.29, 0.717) is 0 Å². The minimum absolute atomic E-state index is 0.204. The van der Waals surface area contributed by atoms with Crippen LogP contribution in [0.2, 0.25) is 0 Å². The van der Waals surface area contributed by atoms with Crippen LogP contribution in [0, 0.1) is 5.82 Å². The fourth-order valence-electron chi connectivity index (χ4n) is 1.61. The second-order valence-electron chi connectivity index (χ2n) is 3.67. The van der Waals surface area contributed by atoms with Crippen LogP contribution in [0.1, 0.15) is 11.3 Å². The van der Waals surface area contributed by atoms with Gasteiger partial charge in [-0.15, -0.1) is 0 Å². The zero-order valence-electron chi connectivity index (χ0n) is 9.15. The first kappa shape index (κ1) is 10.8. The number of nitrogens with one attached hydrogen (secondary N) is 1. The smallest absolute Gasteiger partial charge is 0.123 e. The second-order valence-corrected chi connectivity index (χ2v) is 3.67. The largest absolute Gasteiger partial charge is 0.329 e. The summed E-state index contributed by atoms with van der Waals surface area (Å²) in [5.74, 6) is -0.204. The normalized spacial score (nSPS) is 10.6. The van der Waals surface area contributed by atoms with Crippen molar-refractivity contribution in [1.29, 1.82) is 0 Å². The Morgan fingerprint density at radius 1 is 1.31 bits per heavy atom. The summed E-state index contributed by atoms with van der Waals surface area (Å²) in [4.78, 5) is 4.10. The maximum Gasteiger partial charge on any atom is 0.123 e. The van der Waals surface area contributed by atoms with Crippen LogP contribution < -0.4 is 5.32 Å². The first-order valence-electron chi connectivity index (χ1n) is 5.17. The first-order valence-corrected chi connectivity index (χ1v) is 5.17. The SMILES string of the molecule is CNCc1cncn1Cc1ccc(F)cc1. The molecule has 0 atom stereocenters. The predicted octanol–water partition coefficient (Wildman–Crippen LogP) is 1.79. The molecule has 0 bridgehead atoms. The summed E-state index contributed by atoms with van der Waals surface area (Å²) in [6, 6.07) is 6.53. The molecule has 0 radical (unpaired) electrons. The zero-order valence-corrected chi connectivity index (χ0v) is 9.15. The summed E-state index contributed by atoms with van der Waals surface area (Å²) in [5, 5.41) is 3.08. The lowest BCUT2D eigenvalue weighted by atomic mass is 10.2. The molecular weight excluding hydrogens is 205 g/mol. The molecule has 0 amide bonds. The van der Waals surface area contributed by atoms with Crippen molar-refractivity contribution in [3.8, 4) is 0 Å². The Labute approximate surface area is 93.9 Å². The molecule has 2 aromatic rings. The lowest BCUT2D eigenvalue weighted by Crippen LogP contribution is -2.11. The van der Waals surface area contributed by atoms with E-state index >= 15 is 0 Å². The minimum atomic E-state index is -0.204. The predicted molar refractivity (Wildman–Crippen MR) is 60.5 cm³/mol. The highest BCUT2D eigenvalue weighted by atomic mass is 19.1. The van der Waals surface area contributed by atoms with Crippen molar-refractivity contribution in [2.24, 2.45) is 0 Å². The summed E-state index contributed by atoms with van der Waals surface area (Å²) in [5.41, 5.74) is 2.18. The van der Waals surface area contributed by atoms with Gasteiger partial charge in [-0.2, -0.15) is 0 Å². The van der Waals surface area contributed by atoms with E-state index in [1.54, 1.807) is 18.5 Å². The summed E-state index contributed by atoms with van der Waals surface area (Å²) >= 11 is 0. The van der Waals surface area contributed by atoms with Crippen molar-refractivity contribution < 1.29 is 4.39 Å². The fraction of sp³-hybridized carbons (Fsp3) is 0.250. The van der Waals surface area contributed by atoms with Gasteiger partial charge in [-0.3, -0.25) is 0 Å². The van der Waals surface area contributed by atoms with Crippen LogP contribution in [-0.2, 0) is 13.1 Å². The molecule has 0 fully saturated rings. The molecule has 1 N–H and O–H groups in total. The van der Waals surface area contributed by atoms with Gasteiger partial charge in [0.2, 0.25) is 0 Å². The number of hydrogen-bond donors (Lipinski definition) is 1. The van der Waals surface area contributed by atoms with Gasteiger partial charge in [-0.05, 0) is 24.7 Å². The Morgan fingerprint density at radius 2 is 2.06 bits per heavy atom. The minimum Gasteiger partial charge on any atom is -0.329 e. The van der Waals surface area contributed by atoms with Crippen LogP contribution in [-0.4, -0.2) is 16.6 Å². The van der Waals surface area contributed by atoms with Crippen molar-refractivity contribution in [2.75, 3.05) is 7.05 Å². The molecular formula is C12H14FN3. The van der Waals surface area contributed by atoms with Gasteiger partial charge >= 0.3 is 0 Å². The summed E-state index contributed by atoms with van der Waals surface area (Å²) in [6.07, 6.45) is 3.62. The summed E-state index contributed by atoms with van der Waals surface area (Å²) in [7, 11) is 1.90. The van der Waals surface area contributed by atoms with Crippen LogP contribution in [0.25, 0.3) is 0 Å². The van der Waals surface area contributed by atoms with E-state index < -0.39 is 0 Å². The third-order valence-corrected chi connectivity index (χ3v) is 2.42. The van der Waals surface area contributed by atoms with Gasteiger partial charge in [0.05, 0.1) is 12.0 Å². The van der Waals surface area contributed by atoms with E-state index in [0.717, 1.165) is 24.3 Å². The number of imidazole rings is 1. The highest BCUT2D eigenvalue weighted by molar-refractivity contribution is 5.17. The van der Waals surface area contributed by atoms with Crippen LogP contribution in [0.5, 0.6) is 0 Å². The fourth-order valence-corrected chi connectivity index (χ4v) is 1.61. The Kier molecular flexibility index (Phi) is 3.31. The molecule has 0 saturated carbocycles. The van der Waals surface area contributed by atoms with E-state index in [-0.39, 0.29) is 5.82 Å². The third-order valence-electron chi connectivity index (χ3n) is 2.42. The van der Waals surface area contributed by atoms with Crippen molar-refractivity contribution >= 4 is 0 Å². The second kappa shape index (κ2) is 4.90. The molecule has 1 heterocycles. The van der Waals surface area contributed by atoms with Crippen LogP contribution >= 0.6 is 0 Å². The van der Waals surface area contributed by atoms with Crippen LogP contribution in [0.3, 0.4) is 0 Å². The van der Waals surface area contributed by atoms with E-state index in [9.17, 15) is 4.39 Å². The van der Waals surface area contributed by atoms with Crippen molar-refractivity contribution in [3.05, 3.63) is 53.9 Å². The van der Waals surface area contributed by atoms with Gasteiger partial charge in [0.25, 0.3) is 0 Å².